The van der Waals surface area contributed by atoms with Gasteiger partial charge in [0.05, 0.1) is 12.1 Å². The maximum absolute atomic E-state index is 3.85. The number of hydrogen-bond acceptors (Lipinski definition) is 1. The van der Waals surface area contributed by atoms with E-state index in [4.69, 9.17) is 0 Å². The third kappa shape index (κ3) is 1.40. The van der Waals surface area contributed by atoms with Gasteiger partial charge in [-0.05, 0) is 29.2 Å². The fraction of sp³-hybridized carbons (Fsp3) is 0.467. The molecule has 17 heavy (non-hydrogen) atoms. The molecule has 2 heterocycles. The van der Waals surface area contributed by atoms with Gasteiger partial charge < -0.3 is 0 Å². The summed E-state index contributed by atoms with van der Waals surface area (Å²) in [5.41, 5.74) is 4.73. The molecule has 0 spiro atoms. The molecule has 1 nitrogen and oxygen atoms in total. The fourth-order valence-electron chi connectivity index (χ4n) is 3.32. The Morgan fingerprint density at radius 2 is 1.59 bits per heavy atom. The number of hydrogen-bond donors (Lipinski definition) is 0. The molecule has 3 rings (SSSR count). The van der Waals surface area contributed by atoms with Gasteiger partial charge in [-0.1, -0.05) is 61.0 Å². The quantitative estimate of drug-likeness (QED) is 0.684. The zero-order valence-electron chi connectivity index (χ0n) is 10.8. The summed E-state index contributed by atoms with van der Waals surface area (Å²) in [5, 5.41) is 0. The Labute approximate surface area is 112 Å². The van der Waals surface area contributed by atoms with Crippen molar-refractivity contribution in [3.8, 4) is 0 Å². The highest BCUT2D eigenvalue weighted by Crippen LogP contribution is 2.60. The van der Waals surface area contributed by atoms with Crippen LogP contribution in [0.2, 0.25) is 0 Å². The summed E-state index contributed by atoms with van der Waals surface area (Å²) in [7, 11) is 2.23. The number of halogens is 1. The van der Waals surface area contributed by atoms with Crippen LogP contribution < -0.4 is 0 Å². The molecule has 2 atom stereocenters. The molecule has 0 N–H and O–H groups in total. The van der Waals surface area contributed by atoms with E-state index in [0.717, 1.165) is 0 Å². The van der Waals surface area contributed by atoms with Crippen LogP contribution in [0.1, 0.15) is 44.0 Å². The fourth-order valence-corrected chi connectivity index (χ4v) is 4.70. The molecule has 1 aromatic rings. The van der Waals surface area contributed by atoms with E-state index in [1.807, 2.05) is 0 Å². The lowest BCUT2D eigenvalue weighted by atomic mass is 9.77. The molecular weight excluding hydrogens is 274 g/mol. The number of nitrogens with zero attached hydrogens (tertiary/aromatic N) is 1. The van der Waals surface area contributed by atoms with Gasteiger partial charge in [-0.25, -0.2) is 0 Å². The van der Waals surface area contributed by atoms with Crippen molar-refractivity contribution in [2.24, 2.45) is 5.41 Å². The highest BCUT2D eigenvalue weighted by atomic mass is 79.9. The number of benzene rings is 1. The second kappa shape index (κ2) is 3.46. The van der Waals surface area contributed by atoms with Gasteiger partial charge in [-0.2, -0.15) is 0 Å². The summed E-state index contributed by atoms with van der Waals surface area (Å²) in [6.45, 7) is 6.92. The number of fused-ring (bicyclic) bond motifs is 5. The maximum Gasteiger partial charge on any atom is 0.0676 e. The lowest BCUT2D eigenvalue weighted by molar-refractivity contribution is 0.274. The minimum absolute atomic E-state index is 0.222. The van der Waals surface area contributed by atoms with Gasteiger partial charge in [-0.3, -0.25) is 4.90 Å². The molecule has 2 aliphatic rings. The lowest BCUT2D eigenvalue weighted by Gasteiger charge is -2.29. The zero-order valence-corrected chi connectivity index (χ0v) is 12.4. The van der Waals surface area contributed by atoms with Crippen LogP contribution in [0.5, 0.6) is 0 Å². The first kappa shape index (κ1) is 11.5. The van der Waals surface area contributed by atoms with Crippen molar-refractivity contribution < 1.29 is 0 Å². The first-order valence-corrected chi connectivity index (χ1v) is 6.93. The maximum atomic E-state index is 3.85. The molecule has 2 heteroatoms. The van der Waals surface area contributed by atoms with Gasteiger partial charge in [0.1, 0.15) is 0 Å². The van der Waals surface area contributed by atoms with Crippen molar-refractivity contribution in [3.63, 3.8) is 0 Å². The van der Waals surface area contributed by atoms with Crippen molar-refractivity contribution in [2.45, 2.75) is 32.9 Å². The minimum atomic E-state index is 0.222. The van der Waals surface area contributed by atoms with Crippen molar-refractivity contribution in [1.82, 2.24) is 4.90 Å². The van der Waals surface area contributed by atoms with Crippen LogP contribution in [-0.4, -0.2) is 11.9 Å². The van der Waals surface area contributed by atoms with Crippen LogP contribution >= 0.6 is 15.9 Å². The summed E-state index contributed by atoms with van der Waals surface area (Å²) in [5.74, 6) is 0. The molecular formula is C15H18BrN. The Bertz CT molecular complexity index is 510. The monoisotopic (exact) mass is 291 g/mol. The normalized spacial score (nSPS) is 27.8. The SMILES string of the molecule is CN1C2C(Br)=C(C(C)(C)C)C1c1ccccc12. The minimum Gasteiger partial charge on any atom is -0.284 e. The van der Waals surface area contributed by atoms with Crippen molar-refractivity contribution in [3.05, 3.63) is 45.4 Å². The molecule has 0 saturated carbocycles. The van der Waals surface area contributed by atoms with Crippen molar-refractivity contribution >= 4 is 15.9 Å². The number of likely N-dealkylation sites (N-methyl/N-ethyl adjacent to an activating group) is 1. The topological polar surface area (TPSA) is 3.24 Å². The van der Waals surface area contributed by atoms with Crippen LogP contribution in [0, 0.1) is 5.41 Å². The number of rotatable bonds is 0. The Balaban J connectivity index is 2.21. The van der Waals surface area contributed by atoms with Crippen LogP contribution in [0.25, 0.3) is 0 Å². The average Bonchev–Trinajstić information content (AvgIpc) is 2.65. The third-order valence-corrected chi connectivity index (χ3v) is 4.84. The van der Waals surface area contributed by atoms with E-state index >= 15 is 0 Å². The smallest absolute Gasteiger partial charge is 0.0676 e. The molecule has 2 aliphatic heterocycles. The molecule has 1 aromatic carbocycles. The summed E-state index contributed by atoms with van der Waals surface area (Å²) in [6.07, 6.45) is 0. The summed E-state index contributed by atoms with van der Waals surface area (Å²) < 4.78 is 1.39. The molecule has 0 amide bonds. The largest absolute Gasteiger partial charge is 0.284 e. The van der Waals surface area contributed by atoms with Crippen LogP contribution in [-0.2, 0) is 0 Å². The molecule has 0 fully saturated rings. The first-order valence-electron chi connectivity index (χ1n) is 6.13. The molecule has 2 unspecified atom stereocenters. The Kier molecular flexibility index (Phi) is 2.34. The van der Waals surface area contributed by atoms with Crippen LogP contribution in [0.4, 0.5) is 0 Å². The molecule has 90 valence electrons. The Morgan fingerprint density at radius 3 is 2.12 bits per heavy atom. The Morgan fingerprint density at radius 1 is 1.06 bits per heavy atom. The van der Waals surface area contributed by atoms with Crippen molar-refractivity contribution in [2.75, 3.05) is 7.05 Å². The van der Waals surface area contributed by atoms with Gasteiger partial charge >= 0.3 is 0 Å². The van der Waals surface area contributed by atoms with Crippen molar-refractivity contribution in [1.29, 1.82) is 0 Å². The molecule has 0 radical (unpaired) electrons. The molecule has 0 saturated heterocycles. The lowest BCUT2D eigenvalue weighted by Crippen LogP contribution is -2.21. The van der Waals surface area contributed by atoms with Gasteiger partial charge in [0.25, 0.3) is 0 Å². The summed E-state index contributed by atoms with van der Waals surface area (Å²) in [6, 6.07) is 9.74. The second-order valence-corrected chi connectivity index (χ2v) is 6.97. The van der Waals surface area contributed by atoms with E-state index in [1.54, 1.807) is 5.57 Å². The van der Waals surface area contributed by atoms with Gasteiger partial charge in [-0.15, -0.1) is 0 Å². The predicted molar refractivity (Wildman–Crippen MR) is 75.1 cm³/mol. The van der Waals surface area contributed by atoms with Crippen LogP contribution in [0.15, 0.2) is 34.3 Å². The average molecular weight is 292 g/mol. The van der Waals surface area contributed by atoms with E-state index in [1.165, 1.54) is 15.6 Å². The second-order valence-electron chi connectivity index (χ2n) is 6.11. The van der Waals surface area contributed by atoms with E-state index in [0.29, 0.717) is 12.1 Å². The highest BCUT2D eigenvalue weighted by molar-refractivity contribution is 9.11. The molecule has 0 aromatic heterocycles. The van der Waals surface area contributed by atoms with E-state index in [9.17, 15) is 0 Å². The Hall–Kier alpha value is -0.600. The third-order valence-electron chi connectivity index (χ3n) is 3.98. The van der Waals surface area contributed by atoms with Gasteiger partial charge in [0.2, 0.25) is 0 Å². The zero-order chi connectivity index (χ0) is 12.4. The molecule has 2 bridgehead atoms. The van der Waals surface area contributed by atoms with E-state index in [-0.39, 0.29) is 5.41 Å². The summed E-state index contributed by atoms with van der Waals surface area (Å²) >= 11 is 3.85. The van der Waals surface area contributed by atoms with Gasteiger partial charge in [0.15, 0.2) is 0 Å². The standard InChI is InChI=1S/C15H18BrN/c1-15(2,3)11-12(16)14-10-8-6-5-7-9(10)13(11)17(14)4/h5-8,13-14H,1-4H3. The molecule has 0 aliphatic carbocycles. The van der Waals surface area contributed by atoms with E-state index in [2.05, 4.69) is 72.9 Å². The van der Waals surface area contributed by atoms with Crippen LogP contribution in [0.3, 0.4) is 0 Å². The first-order chi connectivity index (χ1) is 7.93. The van der Waals surface area contributed by atoms with Gasteiger partial charge in [0, 0.05) is 4.48 Å². The highest BCUT2D eigenvalue weighted by Gasteiger charge is 2.49. The summed E-state index contributed by atoms with van der Waals surface area (Å²) in [4.78, 5) is 2.48. The van der Waals surface area contributed by atoms with E-state index < -0.39 is 0 Å². The predicted octanol–water partition coefficient (Wildman–Crippen LogP) is 4.42.